The highest BCUT2D eigenvalue weighted by Gasteiger charge is 2.54. The number of esters is 1. The fourth-order valence-corrected chi connectivity index (χ4v) is 4.58. The molecule has 0 aromatic heterocycles. The summed E-state index contributed by atoms with van der Waals surface area (Å²) < 4.78 is 4.97. The number of nitrogens with one attached hydrogen (secondary N) is 1. The van der Waals surface area contributed by atoms with E-state index in [1.54, 1.807) is 24.3 Å². The summed E-state index contributed by atoms with van der Waals surface area (Å²) in [6.45, 7) is -0.353. The molecule has 0 bridgehead atoms. The Bertz CT molecular complexity index is 946. The Morgan fingerprint density at radius 1 is 1.13 bits per heavy atom. The number of hydrogen-bond donors (Lipinski definition) is 3. The first-order valence-electron chi connectivity index (χ1n) is 9.38. The molecule has 11 heteroatoms. The number of fused-ring (bicyclic) bond motifs is 1. The highest BCUT2D eigenvalue weighted by molar-refractivity contribution is 8.00. The van der Waals surface area contributed by atoms with Gasteiger partial charge in [0.05, 0.1) is 19.3 Å². The zero-order valence-electron chi connectivity index (χ0n) is 16.3. The van der Waals surface area contributed by atoms with Crippen molar-refractivity contribution in [1.82, 2.24) is 10.2 Å². The Labute approximate surface area is 181 Å². The lowest BCUT2D eigenvalue weighted by Crippen LogP contribution is -2.70. The number of carboxylic acid groups (broad SMARTS) is 2. The minimum Gasteiger partial charge on any atom is -0.481 e. The van der Waals surface area contributed by atoms with Gasteiger partial charge in [-0.05, 0) is 5.56 Å². The lowest BCUT2D eigenvalue weighted by Gasteiger charge is -2.49. The molecule has 0 saturated carbocycles. The number of aliphatic carboxylic acids is 2. The predicted molar refractivity (Wildman–Crippen MR) is 108 cm³/mol. The maximum absolute atomic E-state index is 12.6. The van der Waals surface area contributed by atoms with Crippen molar-refractivity contribution in [1.29, 1.82) is 0 Å². The van der Waals surface area contributed by atoms with Crippen molar-refractivity contribution in [2.45, 2.75) is 30.7 Å². The molecule has 2 amide bonds. The number of benzene rings is 1. The first-order chi connectivity index (χ1) is 14.8. The highest BCUT2D eigenvalue weighted by atomic mass is 32.2. The molecule has 1 saturated heterocycles. The molecule has 2 atom stereocenters. The Kier molecular flexibility index (Phi) is 6.95. The van der Waals surface area contributed by atoms with E-state index in [4.69, 9.17) is 9.84 Å². The summed E-state index contributed by atoms with van der Waals surface area (Å²) in [4.78, 5) is 59.9. The Balaban J connectivity index is 1.62. The normalized spacial score (nSPS) is 19.9. The molecular weight excluding hydrogens is 428 g/mol. The minimum atomic E-state index is -1.34. The van der Waals surface area contributed by atoms with Gasteiger partial charge >= 0.3 is 17.9 Å². The maximum atomic E-state index is 12.6. The van der Waals surface area contributed by atoms with Gasteiger partial charge in [-0.25, -0.2) is 4.79 Å². The van der Waals surface area contributed by atoms with Crippen molar-refractivity contribution < 1.29 is 38.9 Å². The van der Waals surface area contributed by atoms with Crippen LogP contribution in [0.3, 0.4) is 0 Å². The van der Waals surface area contributed by atoms with Gasteiger partial charge in [0.25, 0.3) is 5.91 Å². The largest absolute Gasteiger partial charge is 0.481 e. The van der Waals surface area contributed by atoms with Crippen LogP contribution in [0, 0.1) is 0 Å². The van der Waals surface area contributed by atoms with Crippen LogP contribution in [0.4, 0.5) is 0 Å². The number of amides is 2. The van der Waals surface area contributed by atoms with Gasteiger partial charge in [-0.3, -0.25) is 24.1 Å². The molecule has 31 heavy (non-hydrogen) atoms. The summed E-state index contributed by atoms with van der Waals surface area (Å²) in [5.74, 6) is -3.97. The third-order valence-corrected chi connectivity index (χ3v) is 6.06. The number of thioether (sulfide) groups is 1. The molecule has 0 radical (unpaired) electrons. The Morgan fingerprint density at radius 3 is 2.48 bits per heavy atom. The van der Waals surface area contributed by atoms with Crippen LogP contribution in [0.5, 0.6) is 0 Å². The van der Waals surface area contributed by atoms with Gasteiger partial charge in [-0.2, -0.15) is 0 Å². The van der Waals surface area contributed by atoms with Crippen LogP contribution in [0.2, 0.25) is 0 Å². The fourth-order valence-electron chi connectivity index (χ4n) is 3.25. The van der Waals surface area contributed by atoms with Gasteiger partial charge in [0.2, 0.25) is 5.91 Å². The topological polar surface area (TPSA) is 150 Å². The molecule has 0 unspecified atom stereocenters. The zero-order valence-corrected chi connectivity index (χ0v) is 17.1. The second-order valence-corrected chi connectivity index (χ2v) is 8.03. The van der Waals surface area contributed by atoms with Crippen molar-refractivity contribution in [3.63, 3.8) is 0 Å². The van der Waals surface area contributed by atoms with Crippen LogP contribution in [-0.2, 0) is 35.1 Å². The van der Waals surface area contributed by atoms with E-state index in [2.05, 4.69) is 5.32 Å². The molecule has 10 nitrogen and oxygen atoms in total. The van der Waals surface area contributed by atoms with Crippen molar-refractivity contribution in [2.24, 2.45) is 0 Å². The molecule has 0 spiro atoms. The molecule has 2 heterocycles. The quantitative estimate of drug-likeness (QED) is 0.360. The second-order valence-electron chi connectivity index (χ2n) is 6.93. The monoisotopic (exact) mass is 448 g/mol. The first-order valence-corrected chi connectivity index (χ1v) is 10.4. The SMILES string of the molecule is O=C(O)CCC(=O)OCC1=C(C(=O)O)N2C(=O)[C@@H](NC(=O)Cc3ccccc3)[C@@H]2SC1. The van der Waals surface area contributed by atoms with E-state index >= 15 is 0 Å². The van der Waals surface area contributed by atoms with Crippen LogP contribution in [0.1, 0.15) is 18.4 Å². The summed E-state index contributed by atoms with van der Waals surface area (Å²) in [6.07, 6.45) is -0.629. The van der Waals surface area contributed by atoms with E-state index in [0.717, 1.165) is 10.5 Å². The molecule has 1 aromatic rings. The van der Waals surface area contributed by atoms with Gasteiger partial charge in [0.1, 0.15) is 23.7 Å². The number of carboxylic acids is 2. The van der Waals surface area contributed by atoms with E-state index in [1.807, 2.05) is 6.07 Å². The molecule has 0 aliphatic carbocycles. The lowest BCUT2D eigenvalue weighted by atomic mass is 10.0. The van der Waals surface area contributed by atoms with Crippen LogP contribution in [-0.4, -0.2) is 68.6 Å². The van der Waals surface area contributed by atoms with E-state index in [1.165, 1.54) is 11.8 Å². The average Bonchev–Trinajstić information content (AvgIpc) is 2.74. The van der Waals surface area contributed by atoms with E-state index in [9.17, 15) is 29.1 Å². The Morgan fingerprint density at radius 2 is 1.84 bits per heavy atom. The number of β-lactam (4-membered cyclic amide) rings is 1. The van der Waals surface area contributed by atoms with Gasteiger partial charge < -0.3 is 20.3 Å². The third kappa shape index (κ3) is 5.23. The first kappa shape index (κ1) is 22.3. The van der Waals surface area contributed by atoms with Gasteiger partial charge in [0, 0.05) is 11.3 Å². The number of hydrogen-bond acceptors (Lipinski definition) is 7. The van der Waals surface area contributed by atoms with Gasteiger partial charge in [0.15, 0.2) is 0 Å². The molecule has 1 aromatic carbocycles. The highest BCUT2D eigenvalue weighted by Crippen LogP contribution is 2.40. The summed E-state index contributed by atoms with van der Waals surface area (Å²) in [5.41, 5.74) is 0.756. The number of ether oxygens (including phenoxy) is 1. The van der Waals surface area contributed by atoms with Crippen molar-refractivity contribution in [2.75, 3.05) is 12.4 Å². The predicted octanol–water partition coefficient (Wildman–Crippen LogP) is 0.376. The molecule has 3 rings (SSSR count). The summed E-state index contributed by atoms with van der Waals surface area (Å²) >= 11 is 1.26. The van der Waals surface area contributed by atoms with Crippen molar-refractivity contribution >= 4 is 41.5 Å². The van der Waals surface area contributed by atoms with E-state index in [-0.39, 0.29) is 42.4 Å². The fraction of sp³-hybridized carbons (Fsp3) is 0.350. The van der Waals surface area contributed by atoms with Gasteiger partial charge in [-0.1, -0.05) is 30.3 Å². The maximum Gasteiger partial charge on any atom is 0.352 e. The molecule has 1 fully saturated rings. The average molecular weight is 448 g/mol. The summed E-state index contributed by atoms with van der Waals surface area (Å²) in [7, 11) is 0. The van der Waals surface area contributed by atoms with Crippen molar-refractivity contribution in [3.8, 4) is 0 Å². The lowest BCUT2D eigenvalue weighted by molar-refractivity contribution is -0.151. The standard InChI is InChI=1S/C20H20N2O8S/c23-13(8-11-4-2-1-3-5-11)21-16-18(27)22-17(20(28)29)12(10-31-19(16)22)9-30-15(26)7-6-14(24)25/h1-5,16,19H,6-10H2,(H,21,23)(H,24,25)(H,28,29)/t16-,19+/m1/s1. The molecule has 164 valence electrons. The molecule has 3 N–H and O–H groups in total. The van der Waals surface area contributed by atoms with Gasteiger partial charge in [-0.15, -0.1) is 11.8 Å². The van der Waals surface area contributed by atoms with E-state index < -0.39 is 41.7 Å². The second kappa shape index (κ2) is 9.65. The van der Waals surface area contributed by atoms with Crippen LogP contribution in [0.25, 0.3) is 0 Å². The Hall–Kier alpha value is -3.34. The third-order valence-electron chi connectivity index (χ3n) is 4.72. The number of carbonyl (C=O) groups excluding carboxylic acids is 3. The van der Waals surface area contributed by atoms with Crippen LogP contribution >= 0.6 is 11.8 Å². The number of rotatable bonds is 9. The minimum absolute atomic E-state index is 0.0984. The zero-order chi connectivity index (χ0) is 22.5. The van der Waals surface area contributed by atoms with Crippen molar-refractivity contribution in [3.05, 3.63) is 47.2 Å². The molecule has 2 aliphatic rings. The number of carbonyl (C=O) groups is 5. The number of nitrogens with zero attached hydrogens (tertiary/aromatic N) is 1. The molecule has 2 aliphatic heterocycles. The summed E-state index contributed by atoms with van der Waals surface area (Å²) in [6, 6.07) is 8.17. The van der Waals surface area contributed by atoms with Crippen LogP contribution < -0.4 is 5.32 Å². The van der Waals surface area contributed by atoms with E-state index in [0.29, 0.717) is 0 Å². The smallest absolute Gasteiger partial charge is 0.352 e. The van der Waals surface area contributed by atoms with Crippen LogP contribution in [0.15, 0.2) is 41.6 Å². The molecular formula is C20H20N2O8S. The summed E-state index contributed by atoms with van der Waals surface area (Å²) in [5, 5.41) is 20.3.